The molecule has 0 aliphatic heterocycles. The van der Waals surface area contributed by atoms with Crippen LogP contribution in [0.1, 0.15) is 44.5 Å². The number of rotatable bonds is 3. The smallest absolute Gasteiger partial charge is 0.164 e. The van der Waals surface area contributed by atoms with Crippen LogP contribution in [0.3, 0.4) is 0 Å². The van der Waals surface area contributed by atoms with Crippen molar-refractivity contribution in [1.29, 1.82) is 0 Å². The molecule has 0 saturated carbocycles. The van der Waals surface area contributed by atoms with Crippen LogP contribution in [0.15, 0.2) is 249 Å². The van der Waals surface area contributed by atoms with Gasteiger partial charge in [0.05, 0.1) is 10.8 Å². The van der Waals surface area contributed by atoms with E-state index < -0.39 is 10.8 Å². The Morgan fingerprint density at radius 1 is 0.216 bits per heavy atom. The van der Waals surface area contributed by atoms with Crippen LogP contribution < -0.4 is 0 Å². The first-order chi connectivity index (χ1) is 36.7. The lowest BCUT2D eigenvalue weighted by Crippen LogP contribution is -2.26. The van der Waals surface area contributed by atoms with Crippen LogP contribution in [0.4, 0.5) is 0 Å². The van der Waals surface area contributed by atoms with Crippen molar-refractivity contribution in [2.45, 2.75) is 10.8 Å². The zero-order valence-electron chi connectivity index (χ0n) is 40.0. The Bertz CT molecular complexity index is 4290. The first-order valence-corrected chi connectivity index (χ1v) is 25.7. The molecule has 0 saturated heterocycles. The average molecular weight is 936 g/mol. The van der Waals surface area contributed by atoms with Crippen molar-refractivity contribution in [2.24, 2.45) is 0 Å². The Morgan fingerprint density at radius 2 is 0.541 bits per heavy atom. The predicted octanol–water partition coefficient (Wildman–Crippen LogP) is 17.0. The monoisotopic (exact) mass is 935 g/mol. The van der Waals surface area contributed by atoms with Gasteiger partial charge >= 0.3 is 0 Å². The number of fused-ring (bicyclic) bond motifs is 25. The van der Waals surface area contributed by atoms with Gasteiger partial charge in [0.15, 0.2) is 17.5 Å². The van der Waals surface area contributed by atoms with Crippen LogP contribution in [0, 0.1) is 0 Å². The molecule has 13 aromatic rings. The molecule has 340 valence electrons. The number of hydrogen-bond acceptors (Lipinski definition) is 3. The highest BCUT2D eigenvalue weighted by Crippen LogP contribution is 2.66. The maximum Gasteiger partial charge on any atom is 0.164 e. The van der Waals surface area contributed by atoms with E-state index in [4.69, 9.17) is 15.0 Å². The highest BCUT2D eigenvalue weighted by Gasteiger charge is 2.54. The summed E-state index contributed by atoms with van der Waals surface area (Å²) in [5.74, 6) is 1.91. The topological polar surface area (TPSA) is 38.7 Å². The van der Waals surface area contributed by atoms with Crippen LogP contribution in [0.25, 0.3) is 111 Å². The Labute approximate surface area is 427 Å². The summed E-state index contributed by atoms with van der Waals surface area (Å²) in [5, 5.41) is 6.88. The van der Waals surface area contributed by atoms with E-state index in [0.717, 1.165) is 32.8 Å². The van der Waals surface area contributed by atoms with Crippen molar-refractivity contribution >= 4 is 32.3 Å². The van der Waals surface area contributed by atoms with Crippen LogP contribution >= 0.6 is 0 Å². The molecule has 0 amide bonds. The van der Waals surface area contributed by atoms with Gasteiger partial charge < -0.3 is 0 Å². The van der Waals surface area contributed by atoms with Gasteiger partial charge in [0.1, 0.15) is 0 Å². The quantitative estimate of drug-likeness (QED) is 0.177. The molecule has 4 aliphatic carbocycles. The largest absolute Gasteiger partial charge is 0.208 e. The van der Waals surface area contributed by atoms with Crippen molar-refractivity contribution in [1.82, 2.24) is 15.0 Å². The Morgan fingerprint density at radius 3 is 0.973 bits per heavy atom. The molecule has 0 radical (unpaired) electrons. The third kappa shape index (κ3) is 4.94. The van der Waals surface area contributed by atoms with Crippen molar-refractivity contribution in [3.63, 3.8) is 0 Å². The molecule has 74 heavy (non-hydrogen) atoms. The predicted molar refractivity (Wildman–Crippen MR) is 301 cm³/mol. The van der Waals surface area contributed by atoms with E-state index in [1.54, 1.807) is 0 Å². The van der Waals surface area contributed by atoms with Crippen LogP contribution in [0.2, 0.25) is 0 Å². The zero-order chi connectivity index (χ0) is 48.3. The standard InChI is InChI=1S/C71H41N3/c1-2-20-43-39-44(38-37-42(43)19-1)67-72-68(55-40-63-65(51-27-5-3-21-45(51)55)53-29-11-17-35-61(53)70(63)57-31-13-7-23-47(57)48-24-8-14-32-58(48)70)74-69(73-67)56-41-64-66(52-28-6-4-22-46(52)56)54-30-12-18-36-62(54)71(64)59-33-15-9-25-49(59)50-26-10-16-34-60(50)71/h1-41H. The molecule has 17 rings (SSSR count). The maximum absolute atomic E-state index is 5.80. The molecular weight excluding hydrogens is 895 g/mol. The Kier molecular flexibility index (Phi) is 7.87. The van der Waals surface area contributed by atoms with E-state index >= 15 is 0 Å². The minimum Gasteiger partial charge on any atom is -0.208 e. The summed E-state index contributed by atoms with van der Waals surface area (Å²) in [5.41, 5.74) is 22.3. The van der Waals surface area contributed by atoms with Gasteiger partial charge in [0.25, 0.3) is 0 Å². The van der Waals surface area contributed by atoms with Crippen molar-refractivity contribution in [3.05, 3.63) is 293 Å². The second-order valence-corrected chi connectivity index (χ2v) is 20.4. The summed E-state index contributed by atoms with van der Waals surface area (Å²) >= 11 is 0. The molecule has 1 heterocycles. The summed E-state index contributed by atoms with van der Waals surface area (Å²) in [6, 6.07) is 92.1. The normalized spacial score (nSPS) is 14.2. The van der Waals surface area contributed by atoms with Gasteiger partial charge in [-0.3, -0.25) is 0 Å². The maximum atomic E-state index is 5.80. The molecular formula is C71H41N3. The fourth-order valence-electron chi connectivity index (χ4n) is 14.3. The number of nitrogens with zero attached hydrogens (tertiary/aromatic N) is 3. The molecule has 1 aromatic heterocycles. The average Bonchev–Trinajstić information content (AvgIpc) is 4.24. The van der Waals surface area contributed by atoms with Crippen LogP contribution in [-0.4, -0.2) is 15.0 Å². The third-order valence-electron chi connectivity index (χ3n) is 17.1. The summed E-state index contributed by atoms with van der Waals surface area (Å²) in [6.07, 6.45) is 0. The molecule has 12 aromatic carbocycles. The second kappa shape index (κ2) is 14.5. The Hall–Kier alpha value is -9.57. The molecule has 0 fully saturated rings. The zero-order valence-corrected chi connectivity index (χ0v) is 40.0. The lowest BCUT2D eigenvalue weighted by Gasteiger charge is -2.31. The summed E-state index contributed by atoms with van der Waals surface area (Å²) < 4.78 is 0. The summed E-state index contributed by atoms with van der Waals surface area (Å²) in [7, 11) is 0. The van der Waals surface area contributed by atoms with Gasteiger partial charge in [0.2, 0.25) is 0 Å². The molecule has 4 aliphatic rings. The van der Waals surface area contributed by atoms with Gasteiger partial charge in [-0.25, -0.2) is 15.0 Å². The van der Waals surface area contributed by atoms with Crippen molar-refractivity contribution < 1.29 is 0 Å². The molecule has 0 unspecified atom stereocenters. The molecule has 3 heteroatoms. The lowest BCUT2D eigenvalue weighted by molar-refractivity contribution is 0.794. The fourth-order valence-corrected chi connectivity index (χ4v) is 14.3. The van der Waals surface area contributed by atoms with Gasteiger partial charge in [-0.05, 0) is 140 Å². The van der Waals surface area contributed by atoms with E-state index in [9.17, 15) is 0 Å². The number of benzene rings is 12. The minimum atomic E-state index is -0.553. The van der Waals surface area contributed by atoms with E-state index in [-0.39, 0.29) is 0 Å². The van der Waals surface area contributed by atoms with Crippen molar-refractivity contribution in [3.8, 4) is 78.7 Å². The van der Waals surface area contributed by atoms with E-state index in [2.05, 4.69) is 249 Å². The van der Waals surface area contributed by atoms with E-state index in [1.807, 2.05) is 0 Å². The number of aromatic nitrogens is 3. The highest BCUT2D eigenvalue weighted by atomic mass is 15.0. The first kappa shape index (κ1) is 40.1. The van der Waals surface area contributed by atoms with Crippen LogP contribution in [-0.2, 0) is 10.8 Å². The van der Waals surface area contributed by atoms with Gasteiger partial charge in [0, 0.05) is 16.7 Å². The van der Waals surface area contributed by atoms with E-state index in [1.165, 1.54) is 105 Å². The number of hydrogen-bond donors (Lipinski definition) is 0. The fraction of sp³-hybridized carbons (Fsp3) is 0.0282. The molecule has 0 bridgehead atoms. The first-order valence-electron chi connectivity index (χ1n) is 25.7. The Balaban J connectivity index is 0.991. The highest BCUT2D eigenvalue weighted by molar-refractivity contribution is 6.13. The van der Waals surface area contributed by atoms with Gasteiger partial charge in [-0.1, -0.05) is 231 Å². The summed E-state index contributed by atoms with van der Waals surface area (Å²) in [6.45, 7) is 0. The van der Waals surface area contributed by atoms with Crippen LogP contribution in [0.5, 0.6) is 0 Å². The third-order valence-corrected chi connectivity index (χ3v) is 17.1. The minimum absolute atomic E-state index is 0.553. The molecule has 2 spiro atoms. The summed E-state index contributed by atoms with van der Waals surface area (Å²) in [4.78, 5) is 17.1. The molecule has 0 atom stereocenters. The lowest BCUT2D eigenvalue weighted by atomic mass is 9.70. The SMILES string of the molecule is c1ccc2c(c1)-c1ccccc1C21c2ccccc2-c2c1cc(-c1nc(-c3ccc4ccccc4c3)nc(-c3cc4c(c5ccccc35)-c3ccccc3C43c4ccccc4-c4ccccc43)n1)c1ccccc21. The second-order valence-electron chi connectivity index (χ2n) is 20.4. The van der Waals surface area contributed by atoms with Crippen molar-refractivity contribution in [2.75, 3.05) is 0 Å². The molecule has 0 N–H and O–H groups in total. The van der Waals surface area contributed by atoms with Gasteiger partial charge in [-0.15, -0.1) is 0 Å². The van der Waals surface area contributed by atoms with E-state index in [0.29, 0.717) is 17.5 Å². The van der Waals surface area contributed by atoms with Gasteiger partial charge in [-0.2, -0.15) is 0 Å². The molecule has 3 nitrogen and oxygen atoms in total.